The zero-order chi connectivity index (χ0) is 13.8. The first-order chi connectivity index (χ1) is 8.29. The minimum absolute atomic E-state index is 0.0213. The van der Waals surface area contributed by atoms with Crippen molar-refractivity contribution in [1.82, 2.24) is 4.90 Å². The third-order valence-electron chi connectivity index (χ3n) is 2.59. The highest BCUT2D eigenvalue weighted by atomic mass is 32.2. The molecule has 4 nitrogen and oxygen atoms in total. The fraction of sp³-hybridized carbons (Fsp3) is 0.500. The molecule has 0 heterocycles. The molecule has 0 bridgehead atoms. The number of hydrogen-bond acceptors (Lipinski definition) is 4. The van der Waals surface area contributed by atoms with E-state index in [-0.39, 0.29) is 17.9 Å². The molecule has 0 aliphatic carbocycles. The molecule has 0 aromatic heterocycles. The van der Waals surface area contributed by atoms with E-state index in [1.807, 2.05) is 0 Å². The van der Waals surface area contributed by atoms with E-state index >= 15 is 0 Å². The van der Waals surface area contributed by atoms with E-state index in [2.05, 4.69) is 0 Å². The van der Waals surface area contributed by atoms with Crippen LogP contribution in [0.15, 0.2) is 24.3 Å². The number of halogens is 1. The summed E-state index contributed by atoms with van der Waals surface area (Å²) in [4.78, 5) is 1.66. The molecular weight excluding hydrogens is 257 g/mol. The molecule has 0 aliphatic heterocycles. The monoisotopic (exact) mass is 275 g/mol. The molecule has 1 N–H and O–H groups in total. The van der Waals surface area contributed by atoms with E-state index in [0.29, 0.717) is 6.54 Å². The Balaban J connectivity index is 2.55. The highest BCUT2D eigenvalue weighted by Gasteiger charge is 2.15. The van der Waals surface area contributed by atoms with Gasteiger partial charge in [-0.2, -0.15) is 0 Å². The van der Waals surface area contributed by atoms with Gasteiger partial charge >= 0.3 is 0 Å². The summed E-state index contributed by atoms with van der Waals surface area (Å²) in [5, 5.41) is 9.87. The van der Waals surface area contributed by atoms with Crippen molar-refractivity contribution in [3.05, 3.63) is 35.6 Å². The molecule has 18 heavy (non-hydrogen) atoms. The first-order valence-corrected chi connectivity index (χ1v) is 7.64. The summed E-state index contributed by atoms with van der Waals surface area (Å²) in [6, 6.07) is 6.01. The first kappa shape index (κ1) is 15.1. The van der Waals surface area contributed by atoms with E-state index < -0.39 is 21.8 Å². The summed E-state index contributed by atoms with van der Waals surface area (Å²) in [7, 11) is -1.34. The van der Waals surface area contributed by atoms with Crippen LogP contribution < -0.4 is 0 Å². The third kappa shape index (κ3) is 5.12. The predicted octanol–water partition coefficient (Wildman–Crippen LogP) is 0.836. The van der Waals surface area contributed by atoms with Gasteiger partial charge in [-0.1, -0.05) is 18.2 Å². The van der Waals surface area contributed by atoms with Crippen molar-refractivity contribution in [1.29, 1.82) is 0 Å². The van der Waals surface area contributed by atoms with Crippen LogP contribution in [0.25, 0.3) is 0 Å². The fourth-order valence-electron chi connectivity index (χ4n) is 1.55. The summed E-state index contributed by atoms with van der Waals surface area (Å²) in [6.45, 7) is 0.501. The van der Waals surface area contributed by atoms with Crippen LogP contribution in [0.4, 0.5) is 4.39 Å². The van der Waals surface area contributed by atoms with Gasteiger partial charge in [-0.15, -0.1) is 0 Å². The van der Waals surface area contributed by atoms with Crippen molar-refractivity contribution in [3.63, 3.8) is 0 Å². The summed E-state index contributed by atoms with van der Waals surface area (Å²) < 4.78 is 35.4. The lowest BCUT2D eigenvalue weighted by Gasteiger charge is -2.20. The molecule has 0 amide bonds. The lowest BCUT2D eigenvalue weighted by molar-refractivity contribution is 0.126. The number of aliphatic hydroxyl groups excluding tert-OH is 1. The van der Waals surface area contributed by atoms with Gasteiger partial charge in [0.15, 0.2) is 0 Å². The van der Waals surface area contributed by atoms with Gasteiger partial charge in [0.05, 0.1) is 11.9 Å². The predicted molar refractivity (Wildman–Crippen MR) is 68.6 cm³/mol. The minimum Gasteiger partial charge on any atom is -0.387 e. The normalized spacial score (nSPS) is 13.8. The van der Waals surface area contributed by atoms with Gasteiger partial charge in [-0.3, -0.25) is 0 Å². The van der Waals surface area contributed by atoms with Gasteiger partial charge in [0.2, 0.25) is 0 Å². The van der Waals surface area contributed by atoms with Gasteiger partial charge in [0.25, 0.3) is 0 Å². The largest absolute Gasteiger partial charge is 0.387 e. The van der Waals surface area contributed by atoms with Crippen molar-refractivity contribution in [2.45, 2.75) is 6.10 Å². The average molecular weight is 275 g/mol. The summed E-state index contributed by atoms with van der Waals surface area (Å²) in [5.41, 5.74) is 0.226. The standard InChI is InChI=1S/C12H18FNO3S/c1-14(7-8-18(2,16)17)9-12(15)10-5-3-4-6-11(10)13/h3-6,12,15H,7-9H2,1-2H3. The molecule has 0 spiro atoms. The quantitative estimate of drug-likeness (QED) is 0.835. The topological polar surface area (TPSA) is 57.6 Å². The highest BCUT2D eigenvalue weighted by Crippen LogP contribution is 2.17. The summed E-state index contributed by atoms with van der Waals surface area (Å²) >= 11 is 0. The molecule has 1 aromatic carbocycles. The van der Waals surface area contributed by atoms with Crippen molar-refractivity contribution < 1.29 is 17.9 Å². The average Bonchev–Trinajstić information content (AvgIpc) is 2.26. The molecule has 1 rings (SSSR count). The molecule has 1 aromatic rings. The number of hydrogen-bond donors (Lipinski definition) is 1. The van der Waals surface area contributed by atoms with E-state index in [1.165, 1.54) is 12.1 Å². The Morgan fingerprint density at radius 2 is 2.00 bits per heavy atom. The smallest absolute Gasteiger partial charge is 0.148 e. The van der Waals surface area contributed by atoms with Gasteiger partial charge in [-0.25, -0.2) is 12.8 Å². The van der Waals surface area contributed by atoms with Gasteiger partial charge in [0, 0.05) is 24.9 Å². The van der Waals surface area contributed by atoms with Crippen LogP contribution in [0.3, 0.4) is 0 Å². The molecule has 0 saturated carbocycles. The maximum atomic E-state index is 13.4. The van der Waals surface area contributed by atoms with E-state index in [4.69, 9.17) is 0 Å². The maximum absolute atomic E-state index is 13.4. The van der Waals surface area contributed by atoms with Crippen LogP contribution in [0, 0.1) is 5.82 Å². The van der Waals surface area contributed by atoms with Crippen LogP contribution in [0.2, 0.25) is 0 Å². The van der Waals surface area contributed by atoms with Crippen LogP contribution >= 0.6 is 0 Å². The molecule has 0 aliphatic rings. The molecule has 102 valence electrons. The maximum Gasteiger partial charge on any atom is 0.148 e. The van der Waals surface area contributed by atoms with Crippen molar-refractivity contribution in [3.8, 4) is 0 Å². The Labute approximate surface area is 107 Å². The minimum atomic E-state index is -3.03. The zero-order valence-electron chi connectivity index (χ0n) is 10.5. The molecule has 0 radical (unpaired) electrons. The molecule has 0 fully saturated rings. The lowest BCUT2D eigenvalue weighted by Crippen LogP contribution is -2.29. The number of benzene rings is 1. The number of sulfone groups is 1. The lowest BCUT2D eigenvalue weighted by atomic mass is 10.1. The molecule has 0 saturated heterocycles. The Morgan fingerprint density at radius 3 is 2.56 bits per heavy atom. The van der Waals surface area contributed by atoms with Crippen LogP contribution in [-0.4, -0.2) is 50.6 Å². The second-order valence-corrected chi connectivity index (χ2v) is 6.69. The Morgan fingerprint density at radius 1 is 1.39 bits per heavy atom. The summed E-state index contributed by atoms with van der Waals surface area (Å²) in [6.07, 6.45) is 0.199. The molecular formula is C12H18FNO3S. The SMILES string of the molecule is CN(CCS(C)(=O)=O)CC(O)c1ccccc1F. The van der Waals surface area contributed by atoms with Gasteiger partial charge in [-0.05, 0) is 13.1 Å². The summed E-state index contributed by atoms with van der Waals surface area (Å²) in [5.74, 6) is -0.436. The zero-order valence-corrected chi connectivity index (χ0v) is 11.3. The molecule has 1 unspecified atom stereocenters. The van der Waals surface area contributed by atoms with E-state index in [1.54, 1.807) is 24.1 Å². The molecule has 6 heteroatoms. The van der Waals surface area contributed by atoms with Crippen molar-refractivity contribution in [2.75, 3.05) is 32.1 Å². The number of likely N-dealkylation sites (N-methyl/N-ethyl adjacent to an activating group) is 1. The first-order valence-electron chi connectivity index (χ1n) is 5.58. The Bertz CT molecular complexity index is 490. The Kier molecular flexibility index (Phi) is 5.25. The number of nitrogens with zero attached hydrogens (tertiary/aromatic N) is 1. The number of aliphatic hydroxyl groups is 1. The van der Waals surface area contributed by atoms with Gasteiger partial charge in [0.1, 0.15) is 15.7 Å². The second-order valence-electron chi connectivity index (χ2n) is 4.43. The number of rotatable bonds is 6. The van der Waals surface area contributed by atoms with Crippen LogP contribution in [0.5, 0.6) is 0 Å². The van der Waals surface area contributed by atoms with Crippen LogP contribution in [-0.2, 0) is 9.84 Å². The van der Waals surface area contributed by atoms with Crippen LogP contribution in [0.1, 0.15) is 11.7 Å². The van der Waals surface area contributed by atoms with Crippen molar-refractivity contribution >= 4 is 9.84 Å². The van der Waals surface area contributed by atoms with E-state index in [0.717, 1.165) is 6.26 Å². The second kappa shape index (κ2) is 6.26. The highest BCUT2D eigenvalue weighted by molar-refractivity contribution is 7.90. The fourth-order valence-corrected chi connectivity index (χ4v) is 2.20. The van der Waals surface area contributed by atoms with Crippen molar-refractivity contribution in [2.24, 2.45) is 0 Å². The third-order valence-corrected chi connectivity index (χ3v) is 3.52. The Hall–Kier alpha value is -0.980. The van der Waals surface area contributed by atoms with E-state index in [9.17, 15) is 17.9 Å². The van der Waals surface area contributed by atoms with Gasteiger partial charge < -0.3 is 10.0 Å². The molecule has 1 atom stereocenters.